The van der Waals surface area contributed by atoms with Crippen molar-refractivity contribution in [3.8, 4) is 11.1 Å². The number of hydrogen-bond acceptors (Lipinski definition) is 3. The molecule has 0 saturated carbocycles. The second-order valence-corrected chi connectivity index (χ2v) is 6.83. The van der Waals surface area contributed by atoms with Crippen LogP contribution in [0.4, 0.5) is 4.79 Å². The first kappa shape index (κ1) is 17.4. The van der Waals surface area contributed by atoms with Crippen LogP contribution in [0.2, 0.25) is 0 Å². The summed E-state index contributed by atoms with van der Waals surface area (Å²) in [6.07, 6.45) is -0.817. The molecule has 0 atom stereocenters. The zero-order chi connectivity index (χ0) is 18.0. The highest BCUT2D eigenvalue weighted by atomic mass is 16.4. The molecule has 2 heterocycles. The lowest BCUT2D eigenvalue weighted by Crippen LogP contribution is -2.47. The molecule has 0 radical (unpaired) electrons. The van der Waals surface area contributed by atoms with Gasteiger partial charge in [0.1, 0.15) is 0 Å². The Hall–Kier alpha value is -2.40. The molecule has 1 amide bonds. The quantitative estimate of drug-likeness (QED) is 0.930. The van der Waals surface area contributed by atoms with E-state index in [2.05, 4.69) is 47.1 Å². The van der Waals surface area contributed by atoms with E-state index in [1.54, 1.807) is 0 Å². The standard InChI is InChI=1S/C20H25N3O2/c1-14-10-17(19-11-15(2)21-16(3)12-19)4-5-18(14)13-22-6-8-23(9-7-22)20(24)25/h4-5,10-12H,6-9,13H2,1-3H3,(H,24,25). The van der Waals surface area contributed by atoms with E-state index < -0.39 is 6.09 Å². The molecule has 3 rings (SSSR count). The topological polar surface area (TPSA) is 56.7 Å². The summed E-state index contributed by atoms with van der Waals surface area (Å²) < 4.78 is 0. The van der Waals surface area contributed by atoms with E-state index in [-0.39, 0.29) is 0 Å². The average molecular weight is 339 g/mol. The number of benzene rings is 1. The minimum Gasteiger partial charge on any atom is -0.465 e. The molecule has 1 fully saturated rings. The Balaban J connectivity index is 1.71. The highest BCUT2D eigenvalue weighted by molar-refractivity contribution is 5.66. The third-order valence-corrected chi connectivity index (χ3v) is 4.79. The molecule has 1 aliphatic heterocycles. The molecule has 2 aromatic rings. The number of carboxylic acid groups (broad SMARTS) is 1. The van der Waals surface area contributed by atoms with Crippen LogP contribution < -0.4 is 0 Å². The second-order valence-electron chi connectivity index (χ2n) is 6.83. The lowest BCUT2D eigenvalue weighted by Gasteiger charge is -2.33. The van der Waals surface area contributed by atoms with Crippen LogP contribution in [0, 0.1) is 20.8 Å². The minimum atomic E-state index is -0.817. The molecule has 5 nitrogen and oxygen atoms in total. The third-order valence-electron chi connectivity index (χ3n) is 4.79. The van der Waals surface area contributed by atoms with E-state index >= 15 is 0 Å². The lowest BCUT2D eigenvalue weighted by atomic mass is 9.99. The fourth-order valence-electron chi connectivity index (χ4n) is 3.39. The summed E-state index contributed by atoms with van der Waals surface area (Å²) in [5.41, 5.74) is 7.06. The van der Waals surface area contributed by atoms with Crippen molar-refractivity contribution < 1.29 is 9.90 Å². The number of piperazine rings is 1. The Morgan fingerprint density at radius 2 is 1.64 bits per heavy atom. The maximum Gasteiger partial charge on any atom is 0.407 e. The van der Waals surface area contributed by atoms with Gasteiger partial charge in [-0.25, -0.2) is 4.79 Å². The molecule has 5 heteroatoms. The van der Waals surface area contributed by atoms with Gasteiger partial charge in [-0.2, -0.15) is 0 Å². The molecule has 0 unspecified atom stereocenters. The zero-order valence-corrected chi connectivity index (χ0v) is 15.1. The van der Waals surface area contributed by atoms with Crippen molar-refractivity contribution >= 4 is 6.09 Å². The number of rotatable bonds is 3. The molecule has 1 N–H and O–H groups in total. The van der Waals surface area contributed by atoms with E-state index in [1.165, 1.54) is 27.2 Å². The summed E-state index contributed by atoms with van der Waals surface area (Å²) in [6.45, 7) is 9.81. The third kappa shape index (κ3) is 4.17. The molecular weight excluding hydrogens is 314 g/mol. The number of aryl methyl sites for hydroxylation is 3. The Labute approximate surface area is 148 Å². The van der Waals surface area contributed by atoms with Crippen LogP contribution in [0.1, 0.15) is 22.5 Å². The van der Waals surface area contributed by atoms with E-state index in [4.69, 9.17) is 5.11 Å². The maximum atomic E-state index is 11.0. The largest absolute Gasteiger partial charge is 0.465 e. The minimum absolute atomic E-state index is 0.585. The van der Waals surface area contributed by atoms with Gasteiger partial charge in [0.05, 0.1) is 0 Å². The molecule has 25 heavy (non-hydrogen) atoms. The first-order chi connectivity index (χ1) is 11.9. The van der Waals surface area contributed by atoms with Crippen LogP contribution in [-0.2, 0) is 6.54 Å². The van der Waals surface area contributed by atoms with Gasteiger partial charge in [-0.15, -0.1) is 0 Å². The summed E-state index contributed by atoms with van der Waals surface area (Å²) in [4.78, 5) is 19.2. The Morgan fingerprint density at radius 3 is 2.20 bits per heavy atom. The summed E-state index contributed by atoms with van der Waals surface area (Å²) >= 11 is 0. The van der Waals surface area contributed by atoms with Crippen molar-refractivity contribution in [2.45, 2.75) is 27.3 Å². The van der Waals surface area contributed by atoms with Crippen molar-refractivity contribution in [1.29, 1.82) is 0 Å². The predicted octanol–water partition coefficient (Wildman–Crippen LogP) is 3.47. The monoisotopic (exact) mass is 339 g/mol. The van der Waals surface area contributed by atoms with Gasteiger partial charge in [0.15, 0.2) is 0 Å². The van der Waals surface area contributed by atoms with Crippen LogP contribution in [0.15, 0.2) is 30.3 Å². The van der Waals surface area contributed by atoms with Gasteiger partial charge >= 0.3 is 6.09 Å². The molecule has 1 aliphatic rings. The smallest absolute Gasteiger partial charge is 0.407 e. The molecular formula is C20H25N3O2. The summed E-state index contributed by atoms with van der Waals surface area (Å²) in [6, 6.07) is 10.8. The van der Waals surface area contributed by atoms with Crippen molar-refractivity contribution in [3.63, 3.8) is 0 Å². The SMILES string of the molecule is Cc1cc(-c2ccc(CN3CCN(C(=O)O)CC3)c(C)c2)cc(C)n1. The van der Waals surface area contributed by atoms with Crippen LogP contribution in [0.5, 0.6) is 0 Å². The van der Waals surface area contributed by atoms with E-state index in [1.807, 2.05) is 13.8 Å². The van der Waals surface area contributed by atoms with Gasteiger partial charge in [0.25, 0.3) is 0 Å². The first-order valence-electron chi connectivity index (χ1n) is 8.68. The van der Waals surface area contributed by atoms with Gasteiger partial charge in [-0.05, 0) is 55.2 Å². The Morgan fingerprint density at radius 1 is 1.00 bits per heavy atom. The van der Waals surface area contributed by atoms with E-state index in [0.29, 0.717) is 13.1 Å². The number of hydrogen-bond donors (Lipinski definition) is 1. The molecule has 1 aromatic heterocycles. The Kier molecular flexibility index (Phi) is 5.04. The first-order valence-corrected chi connectivity index (χ1v) is 8.68. The number of carbonyl (C=O) groups is 1. The van der Waals surface area contributed by atoms with E-state index in [9.17, 15) is 4.79 Å². The van der Waals surface area contributed by atoms with Crippen LogP contribution in [-0.4, -0.2) is 52.2 Å². The molecule has 0 bridgehead atoms. The highest BCUT2D eigenvalue weighted by Crippen LogP contribution is 2.24. The fourth-order valence-corrected chi connectivity index (χ4v) is 3.39. The van der Waals surface area contributed by atoms with Gasteiger partial charge in [0, 0.05) is 44.1 Å². The fraction of sp³-hybridized carbons (Fsp3) is 0.400. The van der Waals surface area contributed by atoms with Gasteiger partial charge in [0.2, 0.25) is 0 Å². The van der Waals surface area contributed by atoms with Crippen molar-refractivity contribution in [3.05, 3.63) is 52.8 Å². The summed E-state index contributed by atoms with van der Waals surface area (Å²) in [7, 11) is 0. The zero-order valence-electron chi connectivity index (χ0n) is 15.1. The van der Waals surface area contributed by atoms with Gasteiger partial charge in [-0.1, -0.05) is 18.2 Å². The van der Waals surface area contributed by atoms with Crippen molar-refractivity contribution in [2.24, 2.45) is 0 Å². The molecule has 1 saturated heterocycles. The number of pyridine rings is 1. The van der Waals surface area contributed by atoms with Crippen LogP contribution in [0.25, 0.3) is 11.1 Å². The second kappa shape index (κ2) is 7.23. The van der Waals surface area contributed by atoms with Crippen molar-refractivity contribution in [2.75, 3.05) is 26.2 Å². The van der Waals surface area contributed by atoms with Crippen LogP contribution >= 0.6 is 0 Å². The number of aromatic nitrogens is 1. The lowest BCUT2D eigenvalue weighted by molar-refractivity contribution is 0.103. The molecule has 1 aromatic carbocycles. The molecule has 132 valence electrons. The van der Waals surface area contributed by atoms with Crippen LogP contribution in [0.3, 0.4) is 0 Å². The predicted molar refractivity (Wildman–Crippen MR) is 98.8 cm³/mol. The van der Waals surface area contributed by atoms with E-state index in [0.717, 1.165) is 31.0 Å². The van der Waals surface area contributed by atoms with Gasteiger partial charge < -0.3 is 10.0 Å². The normalized spacial score (nSPS) is 15.4. The summed E-state index contributed by atoms with van der Waals surface area (Å²) in [5, 5.41) is 9.04. The number of nitrogens with zero attached hydrogens (tertiary/aromatic N) is 3. The maximum absolute atomic E-state index is 11.0. The van der Waals surface area contributed by atoms with Crippen molar-refractivity contribution in [1.82, 2.24) is 14.8 Å². The molecule has 0 spiro atoms. The highest BCUT2D eigenvalue weighted by Gasteiger charge is 2.20. The number of amides is 1. The molecule has 0 aliphatic carbocycles. The average Bonchev–Trinajstić information content (AvgIpc) is 2.56. The van der Waals surface area contributed by atoms with Gasteiger partial charge in [-0.3, -0.25) is 9.88 Å². The summed E-state index contributed by atoms with van der Waals surface area (Å²) in [5.74, 6) is 0. The Bertz CT molecular complexity index is 760.